The van der Waals surface area contributed by atoms with Crippen LogP contribution >= 0.6 is 11.8 Å². The highest BCUT2D eigenvalue weighted by Gasteiger charge is 2.08. The van der Waals surface area contributed by atoms with Crippen molar-refractivity contribution < 1.29 is 4.63 Å². The number of benzene rings is 2. The number of rotatable bonds is 2. The zero-order chi connectivity index (χ0) is 13.4. The Kier molecular flexibility index (Phi) is 2.63. The molecule has 0 saturated heterocycles. The van der Waals surface area contributed by atoms with E-state index in [4.69, 9.17) is 4.63 Å². The summed E-state index contributed by atoms with van der Waals surface area (Å²) in [6, 6.07) is 18.0. The summed E-state index contributed by atoms with van der Waals surface area (Å²) in [5.41, 5.74) is 2.52. The lowest BCUT2D eigenvalue weighted by Crippen LogP contribution is -1.83. The molecule has 0 aliphatic carbocycles. The summed E-state index contributed by atoms with van der Waals surface area (Å²) in [5, 5.41) is 9.86. The predicted molar refractivity (Wildman–Crippen MR) is 77.7 cm³/mol. The lowest BCUT2D eigenvalue weighted by atomic mass is 10.2. The summed E-state index contributed by atoms with van der Waals surface area (Å²) in [6.07, 6.45) is 0. The van der Waals surface area contributed by atoms with Crippen molar-refractivity contribution in [3.63, 3.8) is 0 Å². The number of fused-ring (bicyclic) bond motifs is 2. The van der Waals surface area contributed by atoms with Crippen molar-refractivity contribution in [3.05, 3.63) is 54.6 Å². The Bertz CT molecular complexity index is 904. The first kappa shape index (κ1) is 11.4. The van der Waals surface area contributed by atoms with Crippen LogP contribution in [0.4, 0.5) is 0 Å². The molecule has 0 N–H and O–H groups in total. The molecule has 96 valence electrons. The van der Waals surface area contributed by atoms with Gasteiger partial charge in [-0.15, -0.1) is 0 Å². The van der Waals surface area contributed by atoms with E-state index in [0.717, 1.165) is 31.9 Å². The second-order valence-electron chi connectivity index (χ2n) is 4.33. The molecule has 0 fully saturated rings. The number of pyridine rings is 1. The van der Waals surface area contributed by atoms with E-state index in [-0.39, 0.29) is 0 Å². The monoisotopic (exact) mass is 279 g/mol. The van der Waals surface area contributed by atoms with E-state index in [0.29, 0.717) is 0 Å². The van der Waals surface area contributed by atoms with Crippen LogP contribution in [-0.4, -0.2) is 15.3 Å². The Hall–Kier alpha value is -2.40. The van der Waals surface area contributed by atoms with Crippen molar-refractivity contribution in [2.75, 3.05) is 0 Å². The molecule has 0 aliphatic heterocycles. The molecule has 0 radical (unpaired) electrons. The lowest BCUT2D eigenvalue weighted by Gasteiger charge is -2.02. The fourth-order valence-corrected chi connectivity index (χ4v) is 2.97. The van der Waals surface area contributed by atoms with Gasteiger partial charge in [0.15, 0.2) is 0 Å². The second kappa shape index (κ2) is 4.61. The van der Waals surface area contributed by atoms with Crippen molar-refractivity contribution in [2.45, 2.75) is 9.92 Å². The van der Waals surface area contributed by atoms with E-state index in [1.165, 1.54) is 0 Å². The molecule has 20 heavy (non-hydrogen) atoms. The summed E-state index contributed by atoms with van der Waals surface area (Å²) in [4.78, 5) is 5.64. The second-order valence-corrected chi connectivity index (χ2v) is 5.39. The minimum Gasteiger partial charge on any atom is -0.243 e. The van der Waals surface area contributed by atoms with E-state index in [9.17, 15) is 0 Å². The largest absolute Gasteiger partial charge is 0.243 e. The predicted octanol–water partition coefficient (Wildman–Crippen LogP) is 3.92. The van der Waals surface area contributed by atoms with Crippen molar-refractivity contribution in [1.29, 1.82) is 0 Å². The van der Waals surface area contributed by atoms with Gasteiger partial charge in [0.25, 0.3) is 0 Å². The summed E-state index contributed by atoms with van der Waals surface area (Å²) < 4.78 is 4.78. The lowest BCUT2D eigenvalue weighted by molar-refractivity contribution is 0.315. The first-order chi connectivity index (χ1) is 9.90. The summed E-state index contributed by atoms with van der Waals surface area (Å²) >= 11 is 1.56. The van der Waals surface area contributed by atoms with Gasteiger partial charge in [0.05, 0.1) is 5.52 Å². The van der Waals surface area contributed by atoms with Gasteiger partial charge in [0.1, 0.15) is 16.1 Å². The van der Waals surface area contributed by atoms with Gasteiger partial charge in [-0.2, -0.15) is 0 Å². The minimum absolute atomic E-state index is 0.760. The molecule has 2 aromatic heterocycles. The SMILES string of the molecule is c1ccc2nc(Sc3cccc4nonc34)ccc2c1. The molecule has 0 spiro atoms. The quantitative estimate of drug-likeness (QED) is 0.556. The van der Waals surface area contributed by atoms with Gasteiger partial charge >= 0.3 is 0 Å². The smallest absolute Gasteiger partial charge is 0.149 e. The molecule has 0 bridgehead atoms. The van der Waals surface area contributed by atoms with Crippen molar-refractivity contribution in [1.82, 2.24) is 15.3 Å². The Labute approximate surface area is 118 Å². The van der Waals surface area contributed by atoms with Gasteiger partial charge in [-0.25, -0.2) is 9.61 Å². The molecule has 2 aromatic carbocycles. The summed E-state index contributed by atoms with van der Waals surface area (Å²) in [6.45, 7) is 0. The number of hydrogen-bond donors (Lipinski definition) is 0. The number of aromatic nitrogens is 3. The van der Waals surface area contributed by atoms with Gasteiger partial charge < -0.3 is 0 Å². The third-order valence-corrected chi connectivity index (χ3v) is 4.02. The molecule has 0 atom stereocenters. The standard InChI is InChI=1S/C15H9N3OS/c1-2-5-11-10(4-1)8-9-14(16-11)20-13-7-3-6-12-15(13)18-19-17-12/h1-9H. The molecule has 4 rings (SSSR count). The molecule has 4 aromatic rings. The first-order valence-electron chi connectivity index (χ1n) is 6.15. The van der Waals surface area contributed by atoms with Gasteiger partial charge in [0.2, 0.25) is 0 Å². The molecule has 0 aliphatic rings. The fourth-order valence-electron chi connectivity index (χ4n) is 2.08. The molecule has 0 amide bonds. The highest BCUT2D eigenvalue weighted by atomic mass is 32.2. The van der Waals surface area contributed by atoms with Crippen LogP contribution < -0.4 is 0 Å². The highest BCUT2D eigenvalue weighted by Crippen LogP contribution is 2.31. The molecular weight excluding hydrogens is 270 g/mol. The Morgan fingerprint density at radius 1 is 0.800 bits per heavy atom. The maximum atomic E-state index is 4.78. The van der Waals surface area contributed by atoms with Gasteiger partial charge in [0, 0.05) is 10.3 Å². The molecule has 5 heteroatoms. The van der Waals surface area contributed by atoms with Crippen molar-refractivity contribution >= 4 is 33.7 Å². The van der Waals surface area contributed by atoms with Gasteiger partial charge in [-0.05, 0) is 34.6 Å². The van der Waals surface area contributed by atoms with Crippen molar-refractivity contribution in [3.8, 4) is 0 Å². The normalized spacial score (nSPS) is 11.2. The summed E-state index contributed by atoms with van der Waals surface area (Å²) in [5.74, 6) is 0. The number of nitrogens with zero attached hydrogens (tertiary/aromatic N) is 3. The van der Waals surface area contributed by atoms with Crippen LogP contribution in [0.5, 0.6) is 0 Å². The van der Waals surface area contributed by atoms with E-state index in [2.05, 4.69) is 27.4 Å². The van der Waals surface area contributed by atoms with Crippen LogP contribution in [0.3, 0.4) is 0 Å². The first-order valence-corrected chi connectivity index (χ1v) is 6.97. The zero-order valence-corrected chi connectivity index (χ0v) is 11.2. The molecule has 0 saturated carbocycles. The Balaban J connectivity index is 1.78. The zero-order valence-electron chi connectivity index (χ0n) is 10.4. The van der Waals surface area contributed by atoms with Gasteiger partial charge in [-0.3, -0.25) is 0 Å². The molecule has 0 unspecified atom stereocenters. The maximum Gasteiger partial charge on any atom is 0.149 e. The Morgan fingerprint density at radius 3 is 2.70 bits per heavy atom. The third-order valence-electron chi connectivity index (χ3n) is 3.04. The van der Waals surface area contributed by atoms with Crippen LogP contribution in [0.25, 0.3) is 21.9 Å². The van der Waals surface area contributed by atoms with E-state index in [1.54, 1.807) is 11.8 Å². The molecule has 4 nitrogen and oxygen atoms in total. The van der Waals surface area contributed by atoms with E-state index < -0.39 is 0 Å². The van der Waals surface area contributed by atoms with Crippen LogP contribution in [0, 0.1) is 0 Å². The van der Waals surface area contributed by atoms with Crippen molar-refractivity contribution in [2.24, 2.45) is 0 Å². The van der Waals surface area contributed by atoms with Crippen LogP contribution in [-0.2, 0) is 0 Å². The average Bonchev–Trinajstić information content (AvgIpc) is 2.97. The van der Waals surface area contributed by atoms with Gasteiger partial charge in [-0.1, -0.05) is 42.1 Å². The summed E-state index contributed by atoms with van der Waals surface area (Å²) in [7, 11) is 0. The Morgan fingerprint density at radius 2 is 1.70 bits per heavy atom. The van der Waals surface area contributed by atoms with Crippen LogP contribution in [0.1, 0.15) is 0 Å². The minimum atomic E-state index is 0.760. The van der Waals surface area contributed by atoms with E-state index in [1.807, 2.05) is 42.5 Å². The van der Waals surface area contributed by atoms with Crippen LogP contribution in [0.15, 0.2) is 69.1 Å². The molecular formula is C15H9N3OS. The topological polar surface area (TPSA) is 51.8 Å². The molecule has 2 heterocycles. The maximum absolute atomic E-state index is 4.78. The van der Waals surface area contributed by atoms with Crippen LogP contribution in [0.2, 0.25) is 0 Å². The number of para-hydroxylation sites is 1. The number of hydrogen-bond acceptors (Lipinski definition) is 5. The highest BCUT2D eigenvalue weighted by molar-refractivity contribution is 7.99. The third kappa shape index (κ3) is 1.92. The fraction of sp³-hybridized carbons (Fsp3) is 0. The van der Waals surface area contributed by atoms with E-state index >= 15 is 0 Å². The average molecular weight is 279 g/mol.